The van der Waals surface area contributed by atoms with Gasteiger partial charge in [0.05, 0.1) is 18.0 Å². The molecule has 0 atom stereocenters. The molecule has 0 spiro atoms. The van der Waals surface area contributed by atoms with Crippen LogP contribution in [0.2, 0.25) is 5.02 Å². The monoisotopic (exact) mass is 456 g/mol. The molecule has 0 radical (unpaired) electrons. The first kappa shape index (κ1) is 21.0. The van der Waals surface area contributed by atoms with E-state index in [2.05, 4.69) is 10.3 Å². The Kier molecular flexibility index (Phi) is 5.67. The molecule has 2 heterocycles. The predicted octanol–water partition coefficient (Wildman–Crippen LogP) is 5.77. The molecular formula is C26H18ClFN4O. The molecule has 0 amide bonds. The summed E-state index contributed by atoms with van der Waals surface area (Å²) >= 11 is 6.31. The Morgan fingerprint density at radius 2 is 1.88 bits per heavy atom. The van der Waals surface area contributed by atoms with Gasteiger partial charge in [0.25, 0.3) is 0 Å². The van der Waals surface area contributed by atoms with Crippen LogP contribution in [0.4, 0.5) is 16.0 Å². The molecule has 1 N–H and O–H groups in total. The van der Waals surface area contributed by atoms with Gasteiger partial charge < -0.3 is 10.1 Å². The lowest BCUT2D eigenvalue weighted by Gasteiger charge is -2.13. The molecule has 0 fully saturated rings. The van der Waals surface area contributed by atoms with Gasteiger partial charge in [-0.2, -0.15) is 0 Å². The summed E-state index contributed by atoms with van der Waals surface area (Å²) < 4.78 is 14.7. The maximum absolute atomic E-state index is 14.7. The van der Waals surface area contributed by atoms with E-state index < -0.39 is 0 Å². The number of aromatic nitrogens is 2. The molecule has 3 aromatic carbocycles. The summed E-state index contributed by atoms with van der Waals surface area (Å²) in [5, 5.41) is 3.73. The number of fused-ring (bicyclic) bond motifs is 3. The van der Waals surface area contributed by atoms with Crippen molar-refractivity contribution in [3.05, 3.63) is 106 Å². The van der Waals surface area contributed by atoms with Gasteiger partial charge in [0, 0.05) is 45.6 Å². The normalized spacial score (nSPS) is 12.2. The number of nitrogens with zero attached hydrogens (tertiary/aromatic N) is 3. The minimum Gasteiger partial charge on any atom is -0.324 e. The van der Waals surface area contributed by atoms with Crippen LogP contribution in [0.3, 0.4) is 0 Å². The van der Waals surface area contributed by atoms with Crippen LogP contribution >= 0.6 is 11.6 Å². The second-order valence-electron chi connectivity index (χ2n) is 7.60. The van der Waals surface area contributed by atoms with Crippen molar-refractivity contribution in [1.29, 1.82) is 0 Å². The molecule has 0 saturated heterocycles. The summed E-state index contributed by atoms with van der Waals surface area (Å²) in [6, 6.07) is 19.5. The van der Waals surface area contributed by atoms with Gasteiger partial charge in [0.1, 0.15) is 12.1 Å². The van der Waals surface area contributed by atoms with Gasteiger partial charge >= 0.3 is 0 Å². The standard InChI is InChI=1S/C26H18ClFN4O/c27-18-8-9-20-22(13-18)25(21-6-1-2-7-23(21)28)29-14-17-15-30-26(32-24(17)20)31-19-5-3-4-16(12-19)10-11-33/h1-9,11-13,15H,10,14H2,(H,30,31,32). The molecule has 33 heavy (non-hydrogen) atoms. The van der Waals surface area contributed by atoms with Crippen LogP contribution in [0, 0.1) is 5.82 Å². The molecule has 1 aliphatic rings. The minimum absolute atomic E-state index is 0.306. The van der Waals surface area contributed by atoms with E-state index >= 15 is 0 Å². The van der Waals surface area contributed by atoms with E-state index in [-0.39, 0.29) is 5.82 Å². The van der Waals surface area contributed by atoms with Gasteiger partial charge in [0.2, 0.25) is 5.95 Å². The van der Waals surface area contributed by atoms with Gasteiger partial charge in [-0.05, 0) is 42.0 Å². The van der Waals surface area contributed by atoms with Gasteiger partial charge in [-0.1, -0.05) is 41.9 Å². The fraction of sp³-hybridized carbons (Fsp3) is 0.0769. The number of rotatable bonds is 5. The number of carbonyl (C=O) groups excluding carboxylic acids is 1. The van der Waals surface area contributed by atoms with E-state index in [1.54, 1.807) is 36.5 Å². The lowest BCUT2D eigenvalue weighted by molar-refractivity contribution is -0.107. The number of aldehydes is 1. The predicted molar refractivity (Wildman–Crippen MR) is 128 cm³/mol. The summed E-state index contributed by atoms with van der Waals surface area (Å²) in [5.41, 5.74) is 5.66. The first-order chi connectivity index (χ1) is 16.1. The SMILES string of the molecule is O=CCc1cccc(Nc2ncc3c(n2)-c2ccc(Cl)cc2C(c2ccccc2F)=NC3)c1. The Morgan fingerprint density at radius 3 is 2.73 bits per heavy atom. The highest BCUT2D eigenvalue weighted by Gasteiger charge is 2.23. The largest absolute Gasteiger partial charge is 0.324 e. The van der Waals surface area contributed by atoms with Crippen LogP contribution in [-0.4, -0.2) is 22.0 Å². The van der Waals surface area contributed by atoms with Crippen LogP contribution in [0.25, 0.3) is 11.3 Å². The van der Waals surface area contributed by atoms with E-state index in [1.165, 1.54) is 6.07 Å². The van der Waals surface area contributed by atoms with Gasteiger partial charge in [0.15, 0.2) is 0 Å². The third kappa shape index (κ3) is 4.25. The van der Waals surface area contributed by atoms with Crippen LogP contribution in [0.15, 0.2) is 77.9 Å². The number of carbonyl (C=O) groups is 1. The molecule has 162 valence electrons. The van der Waals surface area contributed by atoms with E-state index in [9.17, 15) is 9.18 Å². The molecule has 0 aliphatic carbocycles. The Hall–Kier alpha value is -3.90. The zero-order valence-corrected chi connectivity index (χ0v) is 18.2. The highest BCUT2D eigenvalue weighted by Crippen LogP contribution is 2.34. The van der Waals surface area contributed by atoms with E-state index in [1.807, 2.05) is 30.3 Å². The molecular weight excluding hydrogens is 439 g/mol. The van der Waals surface area contributed by atoms with Crippen molar-refractivity contribution in [2.75, 3.05) is 5.32 Å². The Morgan fingerprint density at radius 1 is 1.00 bits per heavy atom. The molecule has 0 unspecified atom stereocenters. The lowest BCUT2D eigenvalue weighted by Crippen LogP contribution is -2.07. The van der Waals surface area contributed by atoms with Gasteiger partial charge in [-0.25, -0.2) is 14.4 Å². The molecule has 5 nitrogen and oxygen atoms in total. The van der Waals surface area contributed by atoms with Gasteiger partial charge in [-0.3, -0.25) is 4.99 Å². The molecule has 0 saturated carbocycles. The molecule has 0 bridgehead atoms. The van der Waals surface area contributed by atoms with Crippen molar-refractivity contribution in [2.45, 2.75) is 13.0 Å². The number of hydrogen-bond acceptors (Lipinski definition) is 5. The van der Waals surface area contributed by atoms with Crippen LogP contribution in [-0.2, 0) is 17.8 Å². The zero-order chi connectivity index (χ0) is 22.8. The second kappa shape index (κ2) is 8.92. The highest BCUT2D eigenvalue weighted by molar-refractivity contribution is 6.31. The fourth-order valence-electron chi connectivity index (χ4n) is 3.87. The molecule has 7 heteroatoms. The summed E-state index contributed by atoms with van der Waals surface area (Å²) in [6.45, 7) is 0.306. The third-order valence-electron chi connectivity index (χ3n) is 5.40. The number of halogens is 2. The van der Waals surface area contributed by atoms with Crippen molar-refractivity contribution in [1.82, 2.24) is 9.97 Å². The number of anilines is 2. The number of nitrogens with one attached hydrogen (secondary N) is 1. The molecule has 4 aromatic rings. The Labute approximate surface area is 195 Å². The average Bonchev–Trinajstić information content (AvgIpc) is 2.96. The first-order valence-electron chi connectivity index (χ1n) is 10.4. The van der Waals surface area contributed by atoms with Gasteiger partial charge in [-0.15, -0.1) is 0 Å². The minimum atomic E-state index is -0.350. The second-order valence-corrected chi connectivity index (χ2v) is 8.03. The number of benzene rings is 3. The smallest absolute Gasteiger partial charge is 0.227 e. The van der Waals surface area contributed by atoms with Crippen molar-refractivity contribution < 1.29 is 9.18 Å². The van der Waals surface area contributed by atoms with Crippen molar-refractivity contribution in [2.24, 2.45) is 4.99 Å². The average molecular weight is 457 g/mol. The molecule has 5 rings (SSSR count). The Balaban J connectivity index is 1.58. The summed E-state index contributed by atoms with van der Waals surface area (Å²) in [6.07, 6.45) is 2.93. The maximum atomic E-state index is 14.7. The Bertz CT molecular complexity index is 1400. The van der Waals surface area contributed by atoms with Crippen molar-refractivity contribution in [3.63, 3.8) is 0 Å². The van der Waals surface area contributed by atoms with Crippen LogP contribution < -0.4 is 5.32 Å². The zero-order valence-electron chi connectivity index (χ0n) is 17.4. The molecule has 1 aromatic heterocycles. The topological polar surface area (TPSA) is 67.2 Å². The van der Waals surface area contributed by atoms with E-state index in [0.717, 1.165) is 28.7 Å². The van der Waals surface area contributed by atoms with Crippen LogP contribution in [0.1, 0.15) is 22.3 Å². The summed E-state index contributed by atoms with van der Waals surface area (Å²) in [5.74, 6) is 0.0593. The lowest BCUT2D eigenvalue weighted by atomic mass is 9.95. The summed E-state index contributed by atoms with van der Waals surface area (Å²) in [4.78, 5) is 24.8. The maximum Gasteiger partial charge on any atom is 0.227 e. The van der Waals surface area contributed by atoms with E-state index in [4.69, 9.17) is 21.6 Å². The quantitative estimate of drug-likeness (QED) is 0.387. The summed E-state index contributed by atoms with van der Waals surface area (Å²) in [7, 11) is 0. The number of aliphatic imine (C=N–C) groups is 1. The first-order valence-corrected chi connectivity index (χ1v) is 10.8. The van der Waals surface area contributed by atoms with Crippen molar-refractivity contribution in [3.8, 4) is 11.3 Å². The van der Waals surface area contributed by atoms with Crippen molar-refractivity contribution >= 4 is 35.2 Å². The van der Waals surface area contributed by atoms with E-state index in [0.29, 0.717) is 46.5 Å². The number of hydrogen-bond donors (Lipinski definition) is 1. The third-order valence-corrected chi connectivity index (χ3v) is 5.63. The fourth-order valence-corrected chi connectivity index (χ4v) is 4.04. The highest BCUT2D eigenvalue weighted by atomic mass is 35.5. The molecule has 1 aliphatic heterocycles. The van der Waals surface area contributed by atoms with Crippen LogP contribution in [0.5, 0.6) is 0 Å².